The minimum atomic E-state index is -0.888. The van der Waals surface area contributed by atoms with Crippen LogP contribution in [0.15, 0.2) is 48.7 Å². The van der Waals surface area contributed by atoms with Crippen molar-refractivity contribution < 1.29 is 14.6 Å². The molecule has 1 fully saturated rings. The summed E-state index contributed by atoms with van der Waals surface area (Å²) in [6, 6.07) is 13.8. The van der Waals surface area contributed by atoms with Crippen LogP contribution in [-0.4, -0.2) is 27.0 Å². The largest absolute Gasteiger partial charge is 0.485 e. The van der Waals surface area contributed by atoms with Gasteiger partial charge in [-0.05, 0) is 30.5 Å². The van der Waals surface area contributed by atoms with E-state index in [1.165, 1.54) is 19.3 Å². The summed E-state index contributed by atoms with van der Waals surface area (Å²) in [6.07, 6.45) is 7.72. The van der Waals surface area contributed by atoms with Crippen LogP contribution in [0.5, 0.6) is 5.75 Å². The van der Waals surface area contributed by atoms with Crippen LogP contribution in [-0.2, 0) is 11.4 Å². The smallest absolute Gasteiger partial charge is 0.322 e. The molecule has 1 aromatic carbocycles. The van der Waals surface area contributed by atoms with Gasteiger partial charge in [-0.15, -0.1) is 0 Å². The Morgan fingerprint density at radius 1 is 1.14 bits per heavy atom. The summed E-state index contributed by atoms with van der Waals surface area (Å²) in [6.45, 7) is 0.326. The number of rotatable bonds is 7. The van der Waals surface area contributed by atoms with Crippen LogP contribution in [0.25, 0.3) is 5.65 Å². The number of carbonyl (C=O) groups is 1. The van der Waals surface area contributed by atoms with Gasteiger partial charge in [-0.25, -0.2) is 4.98 Å². The number of aliphatic carboxylic acids is 1. The third-order valence-corrected chi connectivity index (χ3v) is 5.28. The first kappa shape index (κ1) is 18.3. The van der Waals surface area contributed by atoms with Crippen molar-refractivity contribution in [3.63, 3.8) is 0 Å². The van der Waals surface area contributed by atoms with Gasteiger partial charge in [-0.3, -0.25) is 9.20 Å². The van der Waals surface area contributed by atoms with Crippen LogP contribution < -0.4 is 10.1 Å². The highest BCUT2D eigenvalue weighted by molar-refractivity contribution is 5.74. The summed E-state index contributed by atoms with van der Waals surface area (Å²) in [7, 11) is 0. The number of nitrogens with zero attached hydrogens (tertiary/aromatic N) is 2. The molecule has 2 aromatic heterocycles. The molecule has 0 unspecified atom stereocenters. The lowest BCUT2D eigenvalue weighted by atomic mass is 9.87. The predicted molar refractivity (Wildman–Crippen MR) is 108 cm³/mol. The van der Waals surface area contributed by atoms with Crippen molar-refractivity contribution in [2.45, 2.75) is 44.6 Å². The highest BCUT2D eigenvalue weighted by Gasteiger charge is 2.24. The Labute approximate surface area is 164 Å². The maximum Gasteiger partial charge on any atom is 0.322 e. The molecule has 2 heterocycles. The standard InChI is InChI=1S/C22H25N3O3/c26-19(27)14-23-22-20(17-10-5-2-6-11-17)24-21-18(12-7-13-25(21)22)28-15-16-8-3-1-4-9-16/h1,3-4,7-9,12-13,17,23H,2,5-6,10-11,14-15H2,(H,26,27). The molecule has 146 valence electrons. The van der Waals surface area contributed by atoms with E-state index < -0.39 is 5.97 Å². The highest BCUT2D eigenvalue weighted by atomic mass is 16.5. The van der Waals surface area contributed by atoms with Gasteiger partial charge >= 0.3 is 5.97 Å². The quantitative estimate of drug-likeness (QED) is 0.634. The minimum absolute atomic E-state index is 0.136. The normalized spacial score (nSPS) is 14.9. The molecule has 0 amide bonds. The Balaban J connectivity index is 1.68. The Bertz CT molecular complexity index is 946. The van der Waals surface area contributed by atoms with E-state index in [9.17, 15) is 4.79 Å². The van der Waals surface area contributed by atoms with Crippen LogP contribution in [0.3, 0.4) is 0 Å². The summed E-state index contributed by atoms with van der Waals surface area (Å²) < 4.78 is 7.98. The van der Waals surface area contributed by atoms with Crippen molar-refractivity contribution in [3.05, 3.63) is 59.9 Å². The number of anilines is 1. The first-order valence-corrected chi connectivity index (χ1v) is 9.86. The van der Waals surface area contributed by atoms with Crippen molar-refractivity contribution in [3.8, 4) is 5.75 Å². The number of pyridine rings is 1. The fourth-order valence-corrected chi connectivity index (χ4v) is 3.90. The molecule has 0 spiro atoms. The summed E-state index contributed by atoms with van der Waals surface area (Å²) in [5.74, 6) is 0.939. The van der Waals surface area contributed by atoms with Gasteiger partial charge in [0.2, 0.25) is 0 Å². The fourth-order valence-electron chi connectivity index (χ4n) is 3.90. The van der Waals surface area contributed by atoms with Crippen molar-refractivity contribution in [2.75, 3.05) is 11.9 Å². The van der Waals surface area contributed by atoms with Gasteiger partial charge in [-0.1, -0.05) is 49.6 Å². The summed E-state index contributed by atoms with van der Waals surface area (Å²) >= 11 is 0. The van der Waals surface area contributed by atoms with E-state index in [0.29, 0.717) is 18.3 Å². The van der Waals surface area contributed by atoms with E-state index in [-0.39, 0.29) is 6.54 Å². The minimum Gasteiger partial charge on any atom is -0.485 e. The predicted octanol–water partition coefficient (Wildman–Crippen LogP) is 4.46. The third-order valence-electron chi connectivity index (χ3n) is 5.28. The SMILES string of the molecule is O=C(O)CNc1c(C2CCCCC2)nc2c(OCc3ccccc3)cccn12. The summed E-state index contributed by atoms with van der Waals surface area (Å²) in [5.41, 5.74) is 2.77. The van der Waals surface area contributed by atoms with E-state index in [0.717, 1.165) is 35.6 Å². The Hall–Kier alpha value is -3.02. The summed E-state index contributed by atoms with van der Waals surface area (Å²) in [5, 5.41) is 12.2. The van der Waals surface area contributed by atoms with Crippen molar-refractivity contribution in [1.82, 2.24) is 9.38 Å². The lowest BCUT2D eigenvalue weighted by Crippen LogP contribution is -2.16. The van der Waals surface area contributed by atoms with E-state index in [2.05, 4.69) is 5.32 Å². The number of aromatic nitrogens is 2. The summed E-state index contributed by atoms with van der Waals surface area (Å²) in [4.78, 5) is 16.0. The lowest BCUT2D eigenvalue weighted by Gasteiger charge is -2.21. The maximum absolute atomic E-state index is 11.1. The zero-order valence-electron chi connectivity index (χ0n) is 15.8. The fraction of sp³-hybridized carbons (Fsp3) is 0.364. The second-order valence-corrected chi connectivity index (χ2v) is 7.27. The van der Waals surface area contributed by atoms with Gasteiger partial charge in [0.05, 0.1) is 5.69 Å². The average molecular weight is 379 g/mol. The van der Waals surface area contributed by atoms with Crippen LogP contribution >= 0.6 is 0 Å². The van der Waals surface area contributed by atoms with Crippen LogP contribution in [0.4, 0.5) is 5.82 Å². The van der Waals surface area contributed by atoms with Gasteiger partial charge in [0.25, 0.3) is 0 Å². The molecule has 1 aliphatic rings. The lowest BCUT2D eigenvalue weighted by molar-refractivity contribution is -0.134. The number of hydrogen-bond donors (Lipinski definition) is 2. The second-order valence-electron chi connectivity index (χ2n) is 7.27. The number of ether oxygens (including phenoxy) is 1. The van der Waals surface area contributed by atoms with Gasteiger partial charge in [0.1, 0.15) is 19.0 Å². The number of imidazole rings is 1. The second kappa shape index (κ2) is 8.33. The molecule has 2 N–H and O–H groups in total. The van der Waals surface area contributed by atoms with Crippen LogP contribution in [0, 0.1) is 0 Å². The molecular weight excluding hydrogens is 354 g/mol. The highest BCUT2D eigenvalue weighted by Crippen LogP contribution is 2.38. The van der Waals surface area contributed by atoms with Crippen LogP contribution in [0.1, 0.15) is 49.3 Å². The molecule has 0 atom stereocenters. The van der Waals surface area contributed by atoms with Gasteiger partial charge in [0, 0.05) is 12.1 Å². The van der Waals surface area contributed by atoms with Crippen molar-refractivity contribution in [2.24, 2.45) is 0 Å². The molecular formula is C22H25N3O3. The number of nitrogens with one attached hydrogen (secondary N) is 1. The van der Waals surface area contributed by atoms with Crippen molar-refractivity contribution >= 4 is 17.4 Å². The molecule has 1 aliphatic carbocycles. The van der Waals surface area contributed by atoms with E-state index >= 15 is 0 Å². The molecule has 0 bridgehead atoms. The molecule has 28 heavy (non-hydrogen) atoms. The first-order valence-electron chi connectivity index (χ1n) is 9.86. The Morgan fingerprint density at radius 2 is 1.93 bits per heavy atom. The molecule has 6 heteroatoms. The third kappa shape index (κ3) is 3.96. The van der Waals surface area contributed by atoms with Gasteiger partial charge in [0.15, 0.2) is 11.4 Å². The van der Waals surface area contributed by atoms with Gasteiger partial charge in [-0.2, -0.15) is 0 Å². The number of carboxylic acid groups (broad SMARTS) is 1. The number of hydrogen-bond acceptors (Lipinski definition) is 4. The van der Waals surface area contributed by atoms with E-state index in [1.54, 1.807) is 0 Å². The average Bonchev–Trinajstić information content (AvgIpc) is 3.11. The number of benzene rings is 1. The molecule has 0 aliphatic heterocycles. The number of carboxylic acids is 1. The zero-order valence-corrected chi connectivity index (χ0v) is 15.8. The molecule has 6 nitrogen and oxygen atoms in total. The van der Waals surface area contributed by atoms with Gasteiger partial charge < -0.3 is 15.2 Å². The van der Waals surface area contributed by atoms with Crippen LogP contribution in [0.2, 0.25) is 0 Å². The molecule has 4 rings (SSSR count). The zero-order chi connectivity index (χ0) is 19.3. The maximum atomic E-state index is 11.1. The van der Waals surface area contributed by atoms with Crippen molar-refractivity contribution in [1.29, 1.82) is 0 Å². The monoisotopic (exact) mass is 379 g/mol. The Kier molecular flexibility index (Phi) is 5.46. The molecule has 1 saturated carbocycles. The topological polar surface area (TPSA) is 75.9 Å². The Morgan fingerprint density at radius 3 is 2.68 bits per heavy atom. The van der Waals surface area contributed by atoms with E-state index in [4.69, 9.17) is 14.8 Å². The molecule has 0 saturated heterocycles. The first-order chi connectivity index (χ1) is 13.7. The number of fused-ring (bicyclic) bond motifs is 1. The molecule has 0 radical (unpaired) electrons. The van der Waals surface area contributed by atoms with E-state index in [1.807, 2.05) is 53.1 Å². The molecule has 3 aromatic rings.